The van der Waals surface area contributed by atoms with Gasteiger partial charge >= 0.3 is 5.97 Å². The van der Waals surface area contributed by atoms with E-state index in [1.54, 1.807) is 19.2 Å². The van der Waals surface area contributed by atoms with Crippen LogP contribution < -0.4 is 10.1 Å². The van der Waals surface area contributed by atoms with Crippen LogP contribution in [0.15, 0.2) is 96.6 Å². The van der Waals surface area contributed by atoms with Gasteiger partial charge in [-0.3, -0.25) is 4.79 Å². The Labute approximate surface area is 247 Å². The molecule has 0 aromatic heterocycles. The Balaban J connectivity index is 1.32. The Morgan fingerprint density at radius 1 is 0.881 bits per heavy atom. The van der Waals surface area contributed by atoms with Crippen LogP contribution in [-0.2, 0) is 13.0 Å². The minimum atomic E-state index is -0.920. The Morgan fingerprint density at radius 3 is 2.26 bits per heavy atom. The summed E-state index contributed by atoms with van der Waals surface area (Å²) in [5, 5.41) is 12.6. The first-order chi connectivity index (χ1) is 20.2. The highest BCUT2D eigenvalue weighted by Gasteiger charge is 2.27. The van der Waals surface area contributed by atoms with Gasteiger partial charge in [-0.2, -0.15) is 0 Å². The number of aromatic carboxylic acids is 1. The fourth-order valence-electron chi connectivity index (χ4n) is 5.95. The van der Waals surface area contributed by atoms with Crippen molar-refractivity contribution in [2.24, 2.45) is 5.92 Å². The first kappa shape index (κ1) is 28.9. The lowest BCUT2D eigenvalue weighted by atomic mass is 9.80. The molecule has 2 unspecified atom stereocenters. The molecule has 2 N–H and O–H groups in total. The number of hydrogen-bond donors (Lipinski definition) is 2. The summed E-state index contributed by atoms with van der Waals surface area (Å²) < 4.78 is 5.22. The van der Waals surface area contributed by atoms with E-state index in [0.29, 0.717) is 29.5 Å². The van der Waals surface area contributed by atoms with Crippen molar-refractivity contribution in [1.29, 1.82) is 0 Å². The highest BCUT2D eigenvalue weighted by atomic mass is 16.5. The summed E-state index contributed by atoms with van der Waals surface area (Å²) in [7, 11) is 1.64. The molecule has 5 heteroatoms. The van der Waals surface area contributed by atoms with E-state index in [-0.39, 0.29) is 5.91 Å². The van der Waals surface area contributed by atoms with Gasteiger partial charge < -0.3 is 15.2 Å². The van der Waals surface area contributed by atoms with Gasteiger partial charge in [-0.25, -0.2) is 4.79 Å². The van der Waals surface area contributed by atoms with Crippen LogP contribution in [0.5, 0.6) is 5.75 Å². The van der Waals surface area contributed by atoms with Crippen molar-refractivity contribution < 1.29 is 19.4 Å². The van der Waals surface area contributed by atoms with E-state index < -0.39 is 5.97 Å². The Kier molecular flexibility index (Phi) is 8.58. The molecule has 0 heterocycles. The number of amides is 1. The third-order valence-corrected chi connectivity index (χ3v) is 8.66. The van der Waals surface area contributed by atoms with Gasteiger partial charge in [0.2, 0.25) is 0 Å². The molecule has 214 valence electrons. The maximum atomic E-state index is 13.1. The van der Waals surface area contributed by atoms with Gasteiger partial charge in [-0.05, 0) is 108 Å². The van der Waals surface area contributed by atoms with E-state index in [9.17, 15) is 14.7 Å². The van der Waals surface area contributed by atoms with Crippen LogP contribution in [0, 0.1) is 5.92 Å². The van der Waals surface area contributed by atoms with E-state index in [0.717, 1.165) is 40.8 Å². The molecule has 0 saturated heterocycles. The van der Waals surface area contributed by atoms with Crippen LogP contribution in [0.3, 0.4) is 0 Å². The zero-order valence-corrected chi connectivity index (χ0v) is 24.6. The van der Waals surface area contributed by atoms with Gasteiger partial charge in [0.25, 0.3) is 5.91 Å². The van der Waals surface area contributed by atoms with Crippen LogP contribution in [0.4, 0.5) is 0 Å². The Hall–Kier alpha value is -4.64. The van der Waals surface area contributed by atoms with Crippen molar-refractivity contribution in [2.45, 2.75) is 46.1 Å². The SMILES string of the molecule is COc1ccc(CNC(=O)c2ccc3c(c2)C(C)=C(C)CC(Cc2ccc(-c4ccccc4C(=O)O)cc2)C3C)cc1. The Bertz CT molecular complexity index is 1630. The second kappa shape index (κ2) is 12.5. The second-order valence-electron chi connectivity index (χ2n) is 11.2. The topological polar surface area (TPSA) is 75.6 Å². The maximum absolute atomic E-state index is 13.1. The Morgan fingerprint density at radius 2 is 1.57 bits per heavy atom. The molecular formula is C37H37NO4. The van der Waals surface area contributed by atoms with Gasteiger partial charge in [-0.15, -0.1) is 0 Å². The maximum Gasteiger partial charge on any atom is 0.336 e. The summed E-state index contributed by atoms with van der Waals surface area (Å²) >= 11 is 0. The summed E-state index contributed by atoms with van der Waals surface area (Å²) in [4.78, 5) is 24.8. The number of carboxylic acids is 1. The van der Waals surface area contributed by atoms with E-state index in [1.807, 2.05) is 60.7 Å². The molecule has 0 bridgehead atoms. The first-order valence-corrected chi connectivity index (χ1v) is 14.4. The number of hydrogen-bond acceptors (Lipinski definition) is 3. The molecule has 2 atom stereocenters. The predicted molar refractivity (Wildman–Crippen MR) is 168 cm³/mol. The number of allylic oxidation sites excluding steroid dienone is 2. The zero-order valence-electron chi connectivity index (χ0n) is 24.6. The molecule has 1 amide bonds. The third-order valence-electron chi connectivity index (χ3n) is 8.66. The standard InChI is InChI=1S/C37H37NO4/c1-23-19-30(20-26-9-13-28(14-10-26)33-7-5-6-8-34(33)37(40)41)25(3)32-18-15-29(21-35(32)24(23)2)36(39)38-22-27-11-16-31(42-4)17-12-27/h5-18,21,25,30H,19-20,22H2,1-4H3,(H,38,39)(H,40,41). The molecule has 0 aliphatic heterocycles. The lowest BCUT2D eigenvalue weighted by molar-refractivity contribution is 0.0697. The number of rotatable bonds is 8. The number of methoxy groups -OCH3 is 1. The van der Waals surface area contributed by atoms with Gasteiger partial charge in [0.1, 0.15) is 5.75 Å². The van der Waals surface area contributed by atoms with Gasteiger partial charge in [-0.1, -0.05) is 73.2 Å². The fourth-order valence-corrected chi connectivity index (χ4v) is 5.95. The lowest BCUT2D eigenvalue weighted by Crippen LogP contribution is -2.23. The summed E-state index contributed by atoms with van der Waals surface area (Å²) in [6.07, 6.45) is 1.89. The number of carbonyl (C=O) groups is 2. The van der Waals surface area contributed by atoms with Crippen LogP contribution in [-0.4, -0.2) is 24.1 Å². The second-order valence-corrected chi connectivity index (χ2v) is 11.2. The normalized spacial score (nSPS) is 16.4. The number of fused-ring (bicyclic) bond motifs is 1. The zero-order chi connectivity index (χ0) is 29.8. The molecule has 0 radical (unpaired) electrons. The van der Waals surface area contributed by atoms with Crippen molar-refractivity contribution in [1.82, 2.24) is 5.32 Å². The molecule has 0 spiro atoms. The van der Waals surface area contributed by atoms with E-state index in [4.69, 9.17) is 4.74 Å². The number of carboxylic acid groups (broad SMARTS) is 1. The van der Waals surface area contributed by atoms with Crippen molar-refractivity contribution in [3.8, 4) is 16.9 Å². The molecule has 42 heavy (non-hydrogen) atoms. The van der Waals surface area contributed by atoms with Gasteiger partial charge in [0.15, 0.2) is 0 Å². The van der Waals surface area contributed by atoms with Crippen LogP contribution in [0.2, 0.25) is 0 Å². The van der Waals surface area contributed by atoms with Gasteiger partial charge in [0.05, 0.1) is 12.7 Å². The molecule has 4 aromatic rings. The smallest absolute Gasteiger partial charge is 0.336 e. The number of ether oxygens (including phenoxy) is 1. The average Bonchev–Trinajstić information content (AvgIpc) is 3.10. The van der Waals surface area contributed by atoms with Crippen molar-refractivity contribution in [3.05, 3.63) is 130 Å². The summed E-state index contributed by atoms with van der Waals surface area (Å²) in [5.41, 5.74) is 9.86. The largest absolute Gasteiger partial charge is 0.497 e. The van der Waals surface area contributed by atoms with Crippen molar-refractivity contribution >= 4 is 17.4 Å². The minimum absolute atomic E-state index is 0.0860. The average molecular weight is 560 g/mol. The molecule has 1 aliphatic carbocycles. The first-order valence-electron chi connectivity index (χ1n) is 14.4. The number of nitrogens with one attached hydrogen (secondary N) is 1. The van der Waals surface area contributed by atoms with E-state index >= 15 is 0 Å². The molecule has 5 rings (SSSR count). The summed E-state index contributed by atoms with van der Waals surface area (Å²) in [5.74, 6) is 0.483. The monoisotopic (exact) mass is 559 g/mol. The van der Waals surface area contributed by atoms with Crippen LogP contribution in [0.25, 0.3) is 16.7 Å². The van der Waals surface area contributed by atoms with Crippen LogP contribution in [0.1, 0.15) is 76.1 Å². The molecule has 0 saturated carbocycles. The van der Waals surface area contributed by atoms with E-state index in [1.165, 1.54) is 22.3 Å². The van der Waals surface area contributed by atoms with Gasteiger partial charge in [0, 0.05) is 12.1 Å². The predicted octanol–water partition coefficient (Wildman–Crippen LogP) is 8.15. The highest BCUT2D eigenvalue weighted by Crippen LogP contribution is 2.41. The molecule has 4 aromatic carbocycles. The molecular weight excluding hydrogens is 522 g/mol. The van der Waals surface area contributed by atoms with E-state index in [2.05, 4.69) is 44.3 Å². The quantitative estimate of drug-likeness (QED) is 0.228. The van der Waals surface area contributed by atoms with Crippen LogP contribution >= 0.6 is 0 Å². The van der Waals surface area contributed by atoms with Crippen molar-refractivity contribution in [3.63, 3.8) is 0 Å². The number of carbonyl (C=O) groups excluding carboxylic acids is 1. The number of benzene rings is 4. The molecule has 1 aliphatic rings. The van der Waals surface area contributed by atoms with Crippen molar-refractivity contribution in [2.75, 3.05) is 7.11 Å². The minimum Gasteiger partial charge on any atom is -0.497 e. The lowest BCUT2D eigenvalue weighted by Gasteiger charge is -2.24. The summed E-state index contributed by atoms with van der Waals surface area (Å²) in [6.45, 7) is 7.10. The summed E-state index contributed by atoms with van der Waals surface area (Å²) in [6, 6.07) is 29.2. The molecule has 0 fully saturated rings. The fraction of sp³-hybridized carbons (Fsp3) is 0.243. The molecule has 5 nitrogen and oxygen atoms in total. The third kappa shape index (κ3) is 6.15. The highest BCUT2D eigenvalue weighted by molar-refractivity contribution is 5.96.